The Kier molecular flexibility index (Phi) is 3.02. The molecule has 3 rings (SSSR count). The van der Waals surface area contributed by atoms with Crippen LogP contribution in [0.3, 0.4) is 0 Å². The third-order valence-electron chi connectivity index (χ3n) is 4.38. The number of rotatable bonds is 4. The Morgan fingerprint density at radius 3 is 2.72 bits per heavy atom. The van der Waals surface area contributed by atoms with Crippen molar-refractivity contribution in [2.45, 2.75) is 32.1 Å². The molecule has 18 heavy (non-hydrogen) atoms. The van der Waals surface area contributed by atoms with E-state index in [0.29, 0.717) is 30.3 Å². The molecule has 1 aromatic rings. The lowest BCUT2D eigenvalue weighted by molar-refractivity contribution is -0.125. The fraction of sp³-hybridized carbons (Fsp3) is 0.500. The molecule has 3 atom stereocenters. The first kappa shape index (κ1) is 11.6. The van der Waals surface area contributed by atoms with Crippen molar-refractivity contribution in [3.63, 3.8) is 0 Å². The van der Waals surface area contributed by atoms with Crippen LogP contribution in [0.25, 0.3) is 0 Å². The van der Waals surface area contributed by atoms with Gasteiger partial charge in [0.1, 0.15) is 11.6 Å². The van der Waals surface area contributed by atoms with Crippen LogP contribution < -0.4 is 0 Å². The second kappa shape index (κ2) is 4.68. The predicted molar refractivity (Wildman–Crippen MR) is 69.1 cm³/mol. The van der Waals surface area contributed by atoms with Gasteiger partial charge in [0.25, 0.3) is 0 Å². The minimum atomic E-state index is 0.0729. The number of fused-ring (bicyclic) bond motifs is 1. The lowest BCUT2D eigenvalue weighted by Crippen LogP contribution is -2.09. The number of hydrogen-bond donors (Lipinski definition) is 0. The highest BCUT2D eigenvalue weighted by molar-refractivity contribution is 5.96. The van der Waals surface area contributed by atoms with Crippen LogP contribution in [0.2, 0.25) is 0 Å². The summed E-state index contributed by atoms with van der Waals surface area (Å²) in [5.74, 6) is 1.22. The first-order valence-corrected chi connectivity index (χ1v) is 6.87. The number of aryl methyl sites for hydroxylation is 1. The van der Waals surface area contributed by atoms with Gasteiger partial charge in [-0.05, 0) is 30.7 Å². The quantitative estimate of drug-likeness (QED) is 0.813. The summed E-state index contributed by atoms with van der Waals surface area (Å²) in [6, 6.07) is 10.1. The van der Waals surface area contributed by atoms with Gasteiger partial charge < -0.3 is 0 Å². The fourth-order valence-electron chi connectivity index (χ4n) is 3.37. The van der Waals surface area contributed by atoms with E-state index < -0.39 is 0 Å². The number of ketones is 2. The second-order valence-electron chi connectivity index (χ2n) is 5.53. The van der Waals surface area contributed by atoms with Crippen molar-refractivity contribution in [3.05, 3.63) is 35.9 Å². The normalized spacial score (nSPS) is 29.8. The molecular formula is C16H18O2. The summed E-state index contributed by atoms with van der Waals surface area (Å²) in [4.78, 5) is 23.8. The van der Waals surface area contributed by atoms with E-state index in [-0.39, 0.29) is 11.8 Å². The fourth-order valence-corrected chi connectivity index (χ4v) is 3.37. The zero-order chi connectivity index (χ0) is 12.5. The highest BCUT2D eigenvalue weighted by atomic mass is 16.1. The highest BCUT2D eigenvalue weighted by Gasteiger charge is 2.58. The molecule has 2 aliphatic carbocycles. The average molecular weight is 242 g/mol. The monoisotopic (exact) mass is 242 g/mol. The minimum Gasteiger partial charge on any atom is -0.299 e. The van der Waals surface area contributed by atoms with Gasteiger partial charge in [0.05, 0.1) is 0 Å². The predicted octanol–water partition coefficient (Wildman–Crippen LogP) is 2.80. The van der Waals surface area contributed by atoms with Crippen LogP contribution in [0.5, 0.6) is 0 Å². The van der Waals surface area contributed by atoms with E-state index in [9.17, 15) is 9.59 Å². The van der Waals surface area contributed by atoms with Crippen LogP contribution >= 0.6 is 0 Å². The van der Waals surface area contributed by atoms with Crippen LogP contribution in [0.1, 0.15) is 31.2 Å². The van der Waals surface area contributed by atoms with E-state index in [1.54, 1.807) is 0 Å². The van der Waals surface area contributed by atoms with Crippen LogP contribution in [0, 0.1) is 17.8 Å². The maximum absolute atomic E-state index is 12.1. The number of Topliss-reactive ketones (excluding diaryl/α,β-unsaturated/α-hetero) is 2. The van der Waals surface area contributed by atoms with Gasteiger partial charge in [0, 0.05) is 24.7 Å². The molecule has 0 radical (unpaired) electrons. The molecule has 0 unspecified atom stereocenters. The topological polar surface area (TPSA) is 34.1 Å². The van der Waals surface area contributed by atoms with Crippen molar-refractivity contribution in [2.24, 2.45) is 17.8 Å². The molecule has 2 aliphatic rings. The highest BCUT2D eigenvalue weighted by Crippen LogP contribution is 2.54. The Balaban J connectivity index is 1.56. The lowest BCUT2D eigenvalue weighted by Gasteiger charge is -2.04. The molecule has 2 fully saturated rings. The lowest BCUT2D eigenvalue weighted by atomic mass is 10.00. The van der Waals surface area contributed by atoms with Crippen LogP contribution in [0.15, 0.2) is 30.3 Å². The Hall–Kier alpha value is -1.44. The molecular weight excluding hydrogens is 224 g/mol. The van der Waals surface area contributed by atoms with E-state index in [1.165, 1.54) is 5.56 Å². The van der Waals surface area contributed by atoms with Gasteiger partial charge in [-0.1, -0.05) is 30.3 Å². The van der Waals surface area contributed by atoms with Gasteiger partial charge >= 0.3 is 0 Å². The Morgan fingerprint density at radius 1 is 1.22 bits per heavy atom. The molecule has 2 saturated carbocycles. The van der Waals surface area contributed by atoms with E-state index >= 15 is 0 Å². The van der Waals surface area contributed by atoms with Gasteiger partial charge in [-0.25, -0.2) is 0 Å². The summed E-state index contributed by atoms with van der Waals surface area (Å²) >= 11 is 0. The van der Waals surface area contributed by atoms with Gasteiger partial charge in [0.15, 0.2) is 0 Å². The molecule has 0 saturated heterocycles. The van der Waals surface area contributed by atoms with E-state index in [1.807, 2.05) is 18.2 Å². The molecule has 0 aliphatic heterocycles. The number of hydrogen-bond acceptors (Lipinski definition) is 2. The zero-order valence-electron chi connectivity index (χ0n) is 10.5. The summed E-state index contributed by atoms with van der Waals surface area (Å²) in [5, 5.41) is 0. The number of carbonyl (C=O) groups is 2. The molecule has 0 aromatic heterocycles. The molecule has 94 valence electrons. The molecule has 0 spiro atoms. The molecule has 0 bridgehead atoms. The third kappa shape index (κ3) is 2.12. The van der Waals surface area contributed by atoms with Gasteiger partial charge in [-0.2, -0.15) is 0 Å². The van der Waals surface area contributed by atoms with Crippen molar-refractivity contribution >= 4 is 11.6 Å². The summed E-state index contributed by atoms with van der Waals surface area (Å²) < 4.78 is 0. The van der Waals surface area contributed by atoms with Crippen molar-refractivity contribution in [1.82, 2.24) is 0 Å². The van der Waals surface area contributed by atoms with Crippen LogP contribution in [-0.4, -0.2) is 11.6 Å². The Labute approximate surface area is 107 Å². The molecule has 2 heteroatoms. The largest absolute Gasteiger partial charge is 0.299 e. The number of carbonyl (C=O) groups excluding carboxylic acids is 2. The Bertz CT molecular complexity index is 463. The molecule has 1 aromatic carbocycles. The Morgan fingerprint density at radius 2 is 2.00 bits per heavy atom. The van der Waals surface area contributed by atoms with Crippen molar-refractivity contribution in [2.75, 3.05) is 0 Å². The maximum Gasteiger partial charge on any atom is 0.137 e. The minimum absolute atomic E-state index is 0.0729. The second-order valence-corrected chi connectivity index (χ2v) is 5.53. The van der Waals surface area contributed by atoms with E-state index in [4.69, 9.17) is 0 Å². The van der Waals surface area contributed by atoms with Crippen molar-refractivity contribution in [3.8, 4) is 0 Å². The third-order valence-corrected chi connectivity index (χ3v) is 4.38. The summed E-state index contributed by atoms with van der Waals surface area (Å²) in [6.07, 6.45) is 4.17. The smallest absolute Gasteiger partial charge is 0.137 e. The van der Waals surface area contributed by atoms with Crippen LogP contribution in [-0.2, 0) is 16.0 Å². The zero-order valence-corrected chi connectivity index (χ0v) is 10.5. The summed E-state index contributed by atoms with van der Waals surface area (Å²) in [5.41, 5.74) is 1.21. The van der Waals surface area contributed by atoms with Gasteiger partial charge in [-0.15, -0.1) is 0 Å². The van der Waals surface area contributed by atoms with Gasteiger partial charge in [0.2, 0.25) is 0 Å². The van der Waals surface area contributed by atoms with E-state index in [0.717, 1.165) is 19.3 Å². The molecule has 0 amide bonds. The SMILES string of the molecule is O=C1CCC[C@H]2[C@@H]1[C@@H]2C(=O)CCc1ccccc1. The average Bonchev–Trinajstić information content (AvgIpc) is 3.13. The van der Waals surface area contributed by atoms with Gasteiger partial charge in [-0.3, -0.25) is 9.59 Å². The molecule has 2 nitrogen and oxygen atoms in total. The number of benzene rings is 1. The summed E-state index contributed by atoms with van der Waals surface area (Å²) in [7, 11) is 0. The summed E-state index contributed by atoms with van der Waals surface area (Å²) in [6.45, 7) is 0. The van der Waals surface area contributed by atoms with Crippen molar-refractivity contribution in [1.29, 1.82) is 0 Å². The first-order chi connectivity index (χ1) is 8.77. The first-order valence-electron chi connectivity index (χ1n) is 6.87. The van der Waals surface area contributed by atoms with E-state index in [2.05, 4.69) is 12.1 Å². The maximum atomic E-state index is 12.1. The molecule has 0 N–H and O–H groups in total. The van der Waals surface area contributed by atoms with Crippen LogP contribution in [0.4, 0.5) is 0 Å². The standard InChI is InChI=1S/C16H18O2/c17-13-8-4-7-12-15(13)16(12)14(18)10-9-11-5-2-1-3-6-11/h1-3,5-6,12,15-16H,4,7-10H2/t12-,15-,16-/m0/s1. The molecule has 0 heterocycles. The van der Waals surface area contributed by atoms with Crippen molar-refractivity contribution < 1.29 is 9.59 Å².